The van der Waals surface area contributed by atoms with E-state index in [0.29, 0.717) is 55.4 Å². The van der Waals surface area contributed by atoms with Gasteiger partial charge in [-0.25, -0.2) is 4.79 Å². The van der Waals surface area contributed by atoms with Crippen molar-refractivity contribution in [3.05, 3.63) is 76.1 Å². The van der Waals surface area contributed by atoms with Gasteiger partial charge in [0, 0.05) is 60.9 Å². The summed E-state index contributed by atoms with van der Waals surface area (Å²) in [6.07, 6.45) is 10.7. The number of fused-ring (bicyclic) bond motifs is 4. The van der Waals surface area contributed by atoms with Gasteiger partial charge in [-0.1, -0.05) is 31.5 Å². The van der Waals surface area contributed by atoms with E-state index in [1.165, 1.54) is 35.2 Å². The zero-order valence-corrected chi connectivity index (χ0v) is 33.3. The molecule has 1 aliphatic heterocycles. The average Bonchev–Trinajstić information content (AvgIpc) is 3.28. The average molecular weight is 760 g/mol. The van der Waals surface area contributed by atoms with E-state index >= 15 is 0 Å². The van der Waals surface area contributed by atoms with E-state index in [2.05, 4.69) is 48.2 Å². The minimum Gasteiger partial charge on any atom is -0.493 e. The molecule has 1 spiro atoms. The van der Waals surface area contributed by atoms with E-state index < -0.39 is 11.5 Å². The topological polar surface area (TPSA) is 102 Å². The summed E-state index contributed by atoms with van der Waals surface area (Å²) in [4.78, 5) is 20.1. The van der Waals surface area contributed by atoms with Crippen molar-refractivity contribution >= 4 is 23.3 Å². The number of aliphatic carboxylic acids is 1. The minimum absolute atomic E-state index is 0.186. The van der Waals surface area contributed by atoms with Gasteiger partial charge in [-0.3, -0.25) is 4.98 Å². The SMILES string of the molecule is COCCCN(C)CC1COc2cc3c(cc2OC1)C1(CCC(Nc2cccc(Cl)c2)(C(=O)O)CC1)C(C[C@@H](C)COc1ccnc2c1[C@H](C)CCC2)C3. The molecule has 3 aliphatic carbocycles. The molecule has 9 nitrogen and oxygen atoms in total. The number of aromatic nitrogens is 1. The number of hydrogen-bond donors (Lipinski definition) is 2. The number of hydrogen-bond acceptors (Lipinski definition) is 8. The van der Waals surface area contributed by atoms with Crippen molar-refractivity contribution < 1.29 is 28.8 Å². The third-order valence-corrected chi connectivity index (χ3v) is 13.0. The van der Waals surface area contributed by atoms with Crippen molar-refractivity contribution in [3.8, 4) is 17.2 Å². The molecule has 4 atom stereocenters. The Morgan fingerprint density at radius 1 is 1.13 bits per heavy atom. The zero-order valence-electron chi connectivity index (χ0n) is 32.5. The van der Waals surface area contributed by atoms with Crippen molar-refractivity contribution in [3.63, 3.8) is 0 Å². The molecule has 2 N–H and O–H groups in total. The maximum absolute atomic E-state index is 13.1. The number of nitrogens with one attached hydrogen (secondary N) is 1. The summed E-state index contributed by atoms with van der Waals surface area (Å²) in [6.45, 7) is 9.02. The minimum atomic E-state index is -1.08. The Balaban J connectivity index is 1.12. The Morgan fingerprint density at radius 2 is 1.91 bits per heavy atom. The highest BCUT2D eigenvalue weighted by atomic mass is 35.5. The van der Waals surface area contributed by atoms with Crippen LogP contribution in [0, 0.1) is 17.8 Å². The van der Waals surface area contributed by atoms with Crippen LogP contribution >= 0.6 is 11.6 Å². The molecule has 54 heavy (non-hydrogen) atoms. The molecule has 3 aromatic rings. The van der Waals surface area contributed by atoms with Crippen LogP contribution in [0.4, 0.5) is 5.69 Å². The first-order valence-electron chi connectivity index (χ1n) is 20.1. The van der Waals surface area contributed by atoms with E-state index in [1.54, 1.807) is 7.11 Å². The van der Waals surface area contributed by atoms with Gasteiger partial charge in [0.2, 0.25) is 0 Å². The number of nitrogens with zero attached hydrogens (tertiary/aromatic N) is 2. The largest absolute Gasteiger partial charge is 0.493 e. The molecule has 0 radical (unpaired) electrons. The summed E-state index contributed by atoms with van der Waals surface area (Å²) < 4.78 is 24.9. The Morgan fingerprint density at radius 3 is 2.65 bits per heavy atom. The van der Waals surface area contributed by atoms with Crippen LogP contribution in [0.1, 0.15) is 93.5 Å². The number of anilines is 1. The molecule has 4 aliphatic rings. The van der Waals surface area contributed by atoms with Crippen LogP contribution in [-0.2, 0) is 27.8 Å². The first-order chi connectivity index (χ1) is 26.1. The van der Waals surface area contributed by atoms with Gasteiger partial charge in [0.25, 0.3) is 0 Å². The maximum atomic E-state index is 13.1. The van der Waals surface area contributed by atoms with Crippen LogP contribution < -0.4 is 19.5 Å². The predicted molar refractivity (Wildman–Crippen MR) is 213 cm³/mol. The van der Waals surface area contributed by atoms with Gasteiger partial charge in [-0.15, -0.1) is 0 Å². The Hall–Kier alpha value is -3.53. The van der Waals surface area contributed by atoms with E-state index in [0.717, 1.165) is 81.2 Å². The fourth-order valence-corrected chi connectivity index (χ4v) is 10.1. The fraction of sp³-hybridized carbons (Fsp3) is 0.591. The van der Waals surface area contributed by atoms with E-state index in [4.69, 9.17) is 30.5 Å². The van der Waals surface area contributed by atoms with Crippen LogP contribution in [0.2, 0.25) is 5.02 Å². The molecule has 10 heteroatoms. The second-order valence-electron chi connectivity index (χ2n) is 16.7. The van der Waals surface area contributed by atoms with Gasteiger partial charge in [-0.05, 0) is 142 Å². The fourth-order valence-electron chi connectivity index (χ4n) is 9.92. The van der Waals surface area contributed by atoms with Gasteiger partial charge in [0.1, 0.15) is 11.3 Å². The van der Waals surface area contributed by atoms with Crippen LogP contribution in [-0.4, -0.2) is 80.2 Å². The molecule has 1 saturated carbocycles. The third kappa shape index (κ3) is 8.19. The summed E-state index contributed by atoms with van der Waals surface area (Å²) in [5.41, 5.74) is 4.54. The number of carbonyl (C=O) groups is 1. The molecule has 7 rings (SSSR count). The monoisotopic (exact) mass is 759 g/mol. The van der Waals surface area contributed by atoms with Crippen molar-refractivity contribution in [2.45, 2.75) is 94.9 Å². The molecular weight excluding hydrogens is 702 g/mol. The van der Waals surface area contributed by atoms with Crippen molar-refractivity contribution in [2.75, 3.05) is 59.0 Å². The first kappa shape index (κ1) is 38.7. The lowest BCUT2D eigenvalue weighted by atomic mass is 9.59. The van der Waals surface area contributed by atoms with Gasteiger partial charge in [0.05, 0.1) is 19.8 Å². The lowest BCUT2D eigenvalue weighted by Crippen LogP contribution is -2.53. The third-order valence-electron chi connectivity index (χ3n) is 12.8. The summed E-state index contributed by atoms with van der Waals surface area (Å²) in [7, 11) is 3.89. The number of ether oxygens (including phenoxy) is 4. The van der Waals surface area contributed by atoms with Gasteiger partial charge >= 0.3 is 5.97 Å². The van der Waals surface area contributed by atoms with Crippen molar-refractivity contribution in [1.82, 2.24) is 9.88 Å². The van der Waals surface area contributed by atoms with Crippen molar-refractivity contribution in [2.24, 2.45) is 17.8 Å². The quantitative estimate of drug-likeness (QED) is 0.157. The van der Waals surface area contributed by atoms with Gasteiger partial charge < -0.3 is 34.3 Å². The Bertz CT molecular complexity index is 1780. The van der Waals surface area contributed by atoms with Crippen LogP contribution in [0.25, 0.3) is 0 Å². The number of pyridine rings is 1. The lowest BCUT2D eigenvalue weighted by Gasteiger charge is -2.47. The second kappa shape index (κ2) is 16.7. The maximum Gasteiger partial charge on any atom is 0.329 e. The molecule has 1 aromatic heterocycles. The molecule has 0 saturated heterocycles. The van der Waals surface area contributed by atoms with Crippen LogP contribution in [0.5, 0.6) is 17.2 Å². The van der Waals surface area contributed by atoms with E-state index in [9.17, 15) is 9.90 Å². The first-order valence-corrected chi connectivity index (χ1v) is 20.4. The highest BCUT2D eigenvalue weighted by Gasteiger charge is 2.54. The van der Waals surface area contributed by atoms with Crippen LogP contribution in [0.3, 0.4) is 0 Å². The predicted octanol–water partition coefficient (Wildman–Crippen LogP) is 8.56. The molecule has 1 fully saturated rings. The second-order valence-corrected chi connectivity index (χ2v) is 17.2. The van der Waals surface area contributed by atoms with E-state index in [-0.39, 0.29) is 11.3 Å². The smallest absolute Gasteiger partial charge is 0.329 e. The van der Waals surface area contributed by atoms with Crippen molar-refractivity contribution in [1.29, 1.82) is 0 Å². The number of carboxylic acid groups (broad SMARTS) is 1. The number of halogens is 1. The summed E-state index contributed by atoms with van der Waals surface area (Å²) in [5.74, 6) is 3.12. The highest BCUT2D eigenvalue weighted by molar-refractivity contribution is 6.30. The summed E-state index contributed by atoms with van der Waals surface area (Å²) >= 11 is 6.32. The lowest BCUT2D eigenvalue weighted by molar-refractivity contribution is -0.144. The molecule has 2 aromatic carbocycles. The number of benzene rings is 2. The molecule has 0 bridgehead atoms. The van der Waals surface area contributed by atoms with Gasteiger partial charge in [0.15, 0.2) is 11.5 Å². The number of carboxylic acids is 1. The summed E-state index contributed by atoms with van der Waals surface area (Å²) in [5, 5.41) is 14.7. The molecule has 292 valence electrons. The van der Waals surface area contributed by atoms with E-state index in [1.807, 2.05) is 36.5 Å². The number of rotatable bonds is 14. The molecule has 2 heterocycles. The molecule has 0 amide bonds. The van der Waals surface area contributed by atoms with Gasteiger partial charge in [-0.2, -0.15) is 0 Å². The Labute approximate surface area is 326 Å². The number of aryl methyl sites for hydroxylation is 1. The molecule has 2 unspecified atom stereocenters. The highest BCUT2D eigenvalue weighted by Crippen LogP contribution is 2.58. The normalized spacial score (nSPS) is 26.5. The zero-order chi connectivity index (χ0) is 37.9. The summed E-state index contributed by atoms with van der Waals surface area (Å²) in [6, 6.07) is 13.9. The molecular formula is C44H58ClN3O6. The van der Waals surface area contributed by atoms with Crippen LogP contribution in [0.15, 0.2) is 48.7 Å². The number of methoxy groups -OCH3 is 1. The standard InChI is InChI=1S/C44H58ClN3O6/c1-29(26-52-38-12-17-46-37-11-5-8-30(2)41(37)38)20-33-21-32-22-39-40(54-28-31(27-53-39)25-48(3)18-7-19-51-4)24-36(32)43(33)13-15-44(16-14-43,42(49)50)47-35-10-6-9-34(45)23-35/h6,9-10,12,17,22-24,29-31,33,47H,5,7-8,11,13-16,18-21,25-28H2,1-4H3,(H,49,50)/t29-,30-,31?,33?,43?,44?/m1/s1. The Kier molecular flexibility index (Phi) is 12.0.